The van der Waals surface area contributed by atoms with Crippen LogP contribution in [0.4, 0.5) is 14.5 Å². The zero-order chi connectivity index (χ0) is 31.6. The van der Waals surface area contributed by atoms with Crippen molar-refractivity contribution in [3.8, 4) is 0 Å². The van der Waals surface area contributed by atoms with Crippen molar-refractivity contribution < 1.29 is 30.4 Å². The van der Waals surface area contributed by atoms with Crippen LogP contribution in [-0.2, 0) is 31.3 Å². The van der Waals surface area contributed by atoms with E-state index in [4.69, 9.17) is 5.73 Å². The molecule has 2 bridgehead atoms. The number of fused-ring (bicyclic) bond motifs is 2. The highest BCUT2D eigenvalue weighted by molar-refractivity contribution is 7.89. The molecule has 44 heavy (non-hydrogen) atoms. The van der Waals surface area contributed by atoms with Gasteiger partial charge in [-0.05, 0) is 74.3 Å². The number of hydrogen-bond donors (Lipinski definition) is 3. The average molecular weight is 654 g/mol. The van der Waals surface area contributed by atoms with Crippen LogP contribution in [0.5, 0.6) is 0 Å². The molecule has 3 fully saturated rings. The Bertz CT molecular complexity index is 1550. The van der Waals surface area contributed by atoms with Crippen LogP contribution in [0, 0.1) is 17.6 Å². The van der Waals surface area contributed by atoms with Crippen molar-refractivity contribution in [2.75, 3.05) is 43.5 Å². The van der Waals surface area contributed by atoms with E-state index in [2.05, 4.69) is 10.6 Å². The lowest BCUT2D eigenvalue weighted by Crippen LogP contribution is -2.57. The lowest BCUT2D eigenvalue weighted by atomic mass is 9.76. The molecule has 4 N–H and O–H groups in total. The fraction of sp³-hybridized carbons (Fsp3) is 0.567. The van der Waals surface area contributed by atoms with Crippen molar-refractivity contribution in [2.45, 2.75) is 62.6 Å². The summed E-state index contributed by atoms with van der Waals surface area (Å²) in [5, 5.41) is 6.23. The van der Waals surface area contributed by atoms with Crippen molar-refractivity contribution in [2.24, 2.45) is 11.7 Å². The Labute approximate surface area is 258 Å². The normalized spacial score (nSPS) is 26.0. The van der Waals surface area contributed by atoms with Crippen molar-refractivity contribution >= 4 is 31.6 Å². The van der Waals surface area contributed by atoms with Crippen LogP contribution in [0.2, 0.25) is 0 Å². The van der Waals surface area contributed by atoms with Crippen LogP contribution < -0.4 is 16.4 Å². The Morgan fingerprint density at radius 1 is 1.11 bits per heavy atom. The lowest BCUT2D eigenvalue weighted by molar-refractivity contribution is -0.118. The van der Waals surface area contributed by atoms with Gasteiger partial charge >= 0.3 is 0 Å². The zero-order valence-electron chi connectivity index (χ0n) is 24.8. The minimum absolute atomic E-state index is 0.100. The Morgan fingerprint density at radius 2 is 1.82 bits per heavy atom. The Balaban J connectivity index is 1.33. The third kappa shape index (κ3) is 7.48. The number of amides is 1. The van der Waals surface area contributed by atoms with Gasteiger partial charge in [0.2, 0.25) is 26.0 Å². The molecular formula is C30H41F2N5O5S2. The number of hydrogen-bond acceptors (Lipinski definition) is 7. The van der Waals surface area contributed by atoms with Gasteiger partial charge in [0.1, 0.15) is 11.6 Å². The molecule has 3 heterocycles. The van der Waals surface area contributed by atoms with E-state index in [-0.39, 0.29) is 54.5 Å². The monoisotopic (exact) mass is 653 g/mol. The number of nitrogens with zero attached hydrogens (tertiary/aromatic N) is 2. The second kappa shape index (κ2) is 13.5. The molecule has 1 amide bonds. The summed E-state index contributed by atoms with van der Waals surface area (Å²) >= 11 is 0. The number of carbonyl (C=O) groups is 1. The summed E-state index contributed by atoms with van der Waals surface area (Å²) in [5.74, 6) is -2.08. The van der Waals surface area contributed by atoms with Gasteiger partial charge in [-0.2, -0.15) is 4.31 Å². The van der Waals surface area contributed by atoms with Crippen LogP contribution in [0.25, 0.3) is 0 Å². The molecule has 242 valence electrons. The van der Waals surface area contributed by atoms with Gasteiger partial charge in [0.05, 0.1) is 18.1 Å². The SMILES string of the molecule is CS(=O)(=O)N1CCC([C@H](c2ccc(F)cc2)[C@H](N)C(=O)Nc2cccc(F)c2CCC2CN[C@@H]3CCCS(=O)(=O)N2C3)CC1. The average Bonchev–Trinajstić information content (AvgIpc) is 3.09. The van der Waals surface area contributed by atoms with Crippen molar-refractivity contribution in [1.82, 2.24) is 13.9 Å². The van der Waals surface area contributed by atoms with E-state index in [1.807, 2.05) is 0 Å². The number of nitrogens with two attached hydrogens (primary N) is 1. The van der Waals surface area contributed by atoms with E-state index in [1.165, 1.54) is 28.6 Å². The molecule has 10 nitrogen and oxygen atoms in total. The van der Waals surface area contributed by atoms with E-state index in [0.717, 1.165) is 12.7 Å². The van der Waals surface area contributed by atoms with Crippen LogP contribution in [-0.4, -0.2) is 87.7 Å². The molecule has 2 unspecified atom stereocenters. The number of halogens is 2. The predicted octanol–water partition coefficient (Wildman–Crippen LogP) is 2.38. The highest BCUT2D eigenvalue weighted by Gasteiger charge is 2.39. The molecule has 0 radical (unpaired) electrons. The molecule has 0 aliphatic carbocycles. The molecule has 3 aliphatic rings. The van der Waals surface area contributed by atoms with E-state index in [9.17, 15) is 26.0 Å². The molecule has 2 aromatic rings. The van der Waals surface area contributed by atoms with Gasteiger partial charge in [-0.1, -0.05) is 18.2 Å². The number of rotatable bonds is 9. The fourth-order valence-corrected chi connectivity index (χ4v) is 9.57. The number of nitrogens with one attached hydrogen (secondary N) is 2. The summed E-state index contributed by atoms with van der Waals surface area (Å²) < 4.78 is 81.8. The molecule has 3 saturated heterocycles. The topological polar surface area (TPSA) is 142 Å². The minimum atomic E-state index is -3.40. The van der Waals surface area contributed by atoms with Crippen LogP contribution in [0.3, 0.4) is 0 Å². The van der Waals surface area contributed by atoms with E-state index < -0.39 is 49.5 Å². The quantitative estimate of drug-likeness (QED) is 0.378. The maximum absolute atomic E-state index is 15.2. The fourth-order valence-electron chi connectivity index (χ4n) is 6.89. The lowest BCUT2D eigenvalue weighted by Gasteiger charge is -2.38. The van der Waals surface area contributed by atoms with Gasteiger partial charge in [-0.15, -0.1) is 0 Å². The highest BCUT2D eigenvalue weighted by atomic mass is 32.2. The van der Waals surface area contributed by atoms with E-state index >= 15 is 4.39 Å². The first-order chi connectivity index (χ1) is 20.8. The number of carbonyl (C=O) groups excluding carboxylic acids is 1. The molecule has 3 aliphatic heterocycles. The maximum atomic E-state index is 15.2. The molecule has 5 atom stereocenters. The van der Waals surface area contributed by atoms with Gasteiger partial charge in [0, 0.05) is 55.4 Å². The highest BCUT2D eigenvalue weighted by Crippen LogP contribution is 2.36. The van der Waals surface area contributed by atoms with Crippen molar-refractivity contribution in [3.05, 3.63) is 65.2 Å². The Kier molecular flexibility index (Phi) is 10.1. The zero-order valence-corrected chi connectivity index (χ0v) is 26.4. The third-order valence-corrected chi connectivity index (χ3v) is 12.6. The first kappa shape index (κ1) is 32.9. The van der Waals surface area contributed by atoms with Crippen LogP contribution >= 0.6 is 0 Å². The second-order valence-corrected chi connectivity index (χ2v) is 16.2. The minimum Gasteiger partial charge on any atom is -0.324 e. The molecule has 5 rings (SSSR count). The van der Waals surface area contributed by atoms with Gasteiger partial charge < -0.3 is 16.4 Å². The van der Waals surface area contributed by atoms with Gasteiger partial charge in [0.25, 0.3) is 0 Å². The summed E-state index contributed by atoms with van der Waals surface area (Å²) in [6, 6.07) is 8.86. The first-order valence-electron chi connectivity index (χ1n) is 15.1. The summed E-state index contributed by atoms with van der Waals surface area (Å²) in [6.07, 6.45) is 4.06. The van der Waals surface area contributed by atoms with Gasteiger partial charge in [-0.3, -0.25) is 4.79 Å². The Hall–Kier alpha value is -2.49. The predicted molar refractivity (Wildman–Crippen MR) is 165 cm³/mol. The molecule has 0 aromatic heterocycles. The van der Waals surface area contributed by atoms with Gasteiger partial charge in [-0.25, -0.2) is 29.9 Å². The molecule has 14 heteroatoms. The largest absolute Gasteiger partial charge is 0.324 e. The molecular weight excluding hydrogens is 612 g/mol. The maximum Gasteiger partial charge on any atom is 0.241 e. The number of anilines is 1. The number of benzene rings is 2. The van der Waals surface area contributed by atoms with Crippen LogP contribution in [0.15, 0.2) is 42.5 Å². The second-order valence-electron chi connectivity index (χ2n) is 12.2. The third-order valence-electron chi connectivity index (χ3n) is 9.29. The molecule has 2 aromatic carbocycles. The van der Waals surface area contributed by atoms with Crippen LogP contribution in [0.1, 0.15) is 49.1 Å². The van der Waals surface area contributed by atoms with E-state index in [0.29, 0.717) is 44.3 Å². The van der Waals surface area contributed by atoms with Crippen molar-refractivity contribution in [1.29, 1.82) is 0 Å². The van der Waals surface area contributed by atoms with E-state index in [1.54, 1.807) is 22.5 Å². The standard InChI is InChI=1S/C30H41F2N5O5S2/c1-43(39,40)36-15-13-21(14-16-36)28(20-7-9-22(31)10-8-20)29(33)30(38)35-27-6-2-5-26(32)25(27)12-11-24-18-34-23-4-3-17-44(41,42)37(24)19-23/h2,5-10,21,23-24,28-29,34H,3-4,11-19,33H2,1H3,(H,35,38)/t23-,24?,28+,29+/m1/s1. The summed E-state index contributed by atoms with van der Waals surface area (Å²) in [7, 11) is -6.76. The number of sulfonamides is 2. The first-order valence-corrected chi connectivity index (χ1v) is 18.6. The number of piperazine rings is 1. The summed E-state index contributed by atoms with van der Waals surface area (Å²) in [6.45, 7) is 1.44. The number of piperidine rings is 1. The molecule has 0 spiro atoms. The van der Waals surface area contributed by atoms with Crippen molar-refractivity contribution in [3.63, 3.8) is 0 Å². The van der Waals surface area contributed by atoms with Gasteiger partial charge in [0.15, 0.2) is 0 Å². The summed E-state index contributed by atoms with van der Waals surface area (Å²) in [4.78, 5) is 13.7. The Morgan fingerprint density at radius 3 is 2.50 bits per heavy atom. The summed E-state index contributed by atoms with van der Waals surface area (Å²) in [5.41, 5.74) is 7.78. The molecule has 0 saturated carbocycles. The smallest absolute Gasteiger partial charge is 0.241 e.